The Morgan fingerprint density at radius 3 is 1.87 bits per heavy atom. The topological polar surface area (TPSA) is 30.5 Å². The Balaban J connectivity index is 1.04. The minimum absolute atomic E-state index is 0.626. The van der Waals surface area contributed by atoms with Gasteiger partial charge in [0.15, 0.2) is 0 Å². The molecule has 0 radical (unpaired) electrons. The highest BCUT2D eigenvalue weighted by molar-refractivity contribution is 6.15. The van der Waals surface area contributed by atoms with Gasteiger partial charge >= 0.3 is 0 Å². The van der Waals surface area contributed by atoms with Crippen molar-refractivity contribution in [3.63, 3.8) is 0 Å². The molecule has 11 aromatic carbocycles. The van der Waals surface area contributed by atoms with Crippen molar-refractivity contribution in [3.8, 4) is 28.3 Å². The van der Waals surface area contributed by atoms with Crippen LogP contribution in [0.15, 0.2) is 235 Å². The molecule has 13 aromatic rings. The van der Waals surface area contributed by atoms with E-state index in [1.807, 2.05) is 12.1 Å². The third-order valence-corrected chi connectivity index (χ3v) is 14.6. The summed E-state index contributed by atoms with van der Waals surface area (Å²) in [5, 5.41) is 9.40. The highest BCUT2D eigenvalue weighted by atomic mass is 16.5. The number of hydrogen-bond acceptors (Lipinski definition) is 3. The number of rotatable bonds is 4. The predicted molar refractivity (Wildman–Crippen MR) is 275 cm³/mol. The molecular weight excluding hydrogens is 817 g/mol. The third kappa shape index (κ3) is 4.91. The standard InChI is InChI=1S/C63H38N2O2/c1-2-17-42-39(15-1)16-13-27-54(42)64(41-31-33-45-44-19-4-9-26-55(44)65(57(45)38-41)40-32-36-59-49(37-40)46-20-5-10-28-58(46)66-59)56-35-34-47-43-18-3-6-22-50(43)63(53-25-14-21-48(56)62(47)53)51-23-7-11-29-60(51)67-61-30-12-8-24-52(61)63/h1-38H. The number of hydrogen-bond donors (Lipinski definition) is 0. The van der Waals surface area contributed by atoms with E-state index in [2.05, 4.69) is 228 Å². The van der Waals surface area contributed by atoms with E-state index < -0.39 is 5.41 Å². The maximum absolute atomic E-state index is 6.74. The summed E-state index contributed by atoms with van der Waals surface area (Å²) in [6.07, 6.45) is 0. The van der Waals surface area contributed by atoms with Gasteiger partial charge in [0.2, 0.25) is 0 Å². The van der Waals surface area contributed by atoms with Gasteiger partial charge in [-0.3, -0.25) is 0 Å². The molecule has 0 fully saturated rings. The van der Waals surface area contributed by atoms with E-state index >= 15 is 0 Å². The van der Waals surface area contributed by atoms with Crippen molar-refractivity contribution in [3.05, 3.63) is 253 Å². The Kier molecular flexibility index (Phi) is 7.40. The highest BCUT2D eigenvalue weighted by Crippen LogP contribution is 2.62. The summed E-state index contributed by atoms with van der Waals surface area (Å²) in [6, 6.07) is 84.0. The Morgan fingerprint density at radius 1 is 0.373 bits per heavy atom. The molecule has 2 aromatic heterocycles. The first kappa shape index (κ1) is 36.5. The van der Waals surface area contributed by atoms with Crippen molar-refractivity contribution in [1.82, 2.24) is 4.57 Å². The van der Waals surface area contributed by atoms with Crippen LogP contribution in [-0.4, -0.2) is 4.57 Å². The molecule has 0 saturated carbocycles. The zero-order valence-electron chi connectivity index (χ0n) is 36.2. The first-order valence-electron chi connectivity index (χ1n) is 23.0. The number of aromatic nitrogens is 1. The summed E-state index contributed by atoms with van der Waals surface area (Å²) in [7, 11) is 0. The van der Waals surface area contributed by atoms with Crippen molar-refractivity contribution < 1.29 is 9.15 Å². The van der Waals surface area contributed by atoms with Crippen LogP contribution < -0.4 is 9.64 Å². The molecule has 0 bridgehead atoms. The Morgan fingerprint density at radius 2 is 1.00 bits per heavy atom. The molecule has 0 N–H and O–H groups in total. The molecule has 4 heteroatoms. The van der Waals surface area contributed by atoms with Gasteiger partial charge in [-0.05, 0) is 99.8 Å². The average Bonchev–Trinajstić information content (AvgIpc) is 3.93. The largest absolute Gasteiger partial charge is 0.457 e. The monoisotopic (exact) mass is 854 g/mol. The van der Waals surface area contributed by atoms with E-state index in [1.54, 1.807) is 0 Å². The summed E-state index contributed by atoms with van der Waals surface area (Å²) < 4.78 is 15.5. The van der Waals surface area contributed by atoms with Gasteiger partial charge in [-0.25, -0.2) is 0 Å². The molecule has 2 aliphatic rings. The number of nitrogens with zero attached hydrogens (tertiary/aromatic N) is 2. The maximum atomic E-state index is 6.74. The number of ether oxygens (including phenoxy) is 1. The van der Waals surface area contributed by atoms with Crippen molar-refractivity contribution >= 4 is 82.4 Å². The number of fused-ring (bicyclic) bond motifs is 15. The quantitative estimate of drug-likeness (QED) is 0.177. The Labute approximate surface area is 385 Å². The van der Waals surface area contributed by atoms with Crippen LogP contribution in [-0.2, 0) is 5.41 Å². The molecule has 67 heavy (non-hydrogen) atoms. The lowest BCUT2D eigenvalue weighted by molar-refractivity contribution is 0.435. The lowest BCUT2D eigenvalue weighted by atomic mass is 9.58. The van der Waals surface area contributed by atoms with Gasteiger partial charge in [-0.15, -0.1) is 0 Å². The lowest BCUT2D eigenvalue weighted by Gasteiger charge is -2.45. The number of para-hydroxylation sites is 4. The van der Waals surface area contributed by atoms with Crippen molar-refractivity contribution in [2.24, 2.45) is 0 Å². The second-order valence-electron chi connectivity index (χ2n) is 17.9. The van der Waals surface area contributed by atoms with Gasteiger partial charge in [0.25, 0.3) is 0 Å². The molecule has 15 rings (SSSR count). The summed E-state index contributed by atoms with van der Waals surface area (Å²) in [5.74, 6) is 1.77. The second kappa shape index (κ2) is 13.6. The molecule has 1 spiro atoms. The molecule has 4 nitrogen and oxygen atoms in total. The first-order valence-corrected chi connectivity index (χ1v) is 23.0. The third-order valence-electron chi connectivity index (χ3n) is 14.6. The molecule has 0 atom stereocenters. The molecule has 1 aliphatic heterocycles. The summed E-state index contributed by atoms with van der Waals surface area (Å²) in [4.78, 5) is 2.50. The molecule has 0 unspecified atom stereocenters. The number of benzene rings is 11. The SMILES string of the molecule is c1ccc2c(c1)Oc1ccccc1C21c2ccccc2-c2ccc(N(c3ccc4c5ccccc5n(-c5ccc6oc7ccccc7c6c5)c4c3)c3cccc4ccccc34)c3cccc1c23. The van der Waals surface area contributed by atoms with Crippen LogP contribution >= 0.6 is 0 Å². The average molecular weight is 855 g/mol. The maximum Gasteiger partial charge on any atom is 0.135 e. The zero-order valence-corrected chi connectivity index (χ0v) is 36.2. The minimum atomic E-state index is -0.626. The van der Waals surface area contributed by atoms with Crippen LogP contribution in [0.2, 0.25) is 0 Å². The predicted octanol–water partition coefficient (Wildman–Crippen LogP) is 16.9. The van der Waals surface area contributed by atoms with Gasteiger partial charge in [-0.1, -0.05) is 164 Å². The number of anilines is 3. The van der Waals surface area contributed by atoms with Crippen molar-refractivity contribution in [2.45, 2.75) is 5.41 Å². The molecule has 1 aliphatic carbocycles. The fourth-order valence-corrected chi connectivity index (χ4v) is 11.9. The normalized spacial score (nSPS) is 13.3. The highest BCUT2D eigenvalue weighted by Gasteiger charge is 2.49. The molecular formula is C63H38N2O2. The van der Waals surface area contributed by atoms with E-state index in [1.165, 1.54) is 54.6 Å². The zero-order chi connectivity index (χ0) is 43.8. The van der Waals surface area contributed by atoms with Gasteiger partial charge < -0.3 is 18.6 Å². The van der Waals surface area contributed by atoms with Crippen LogP contribution in [0.25, 0.3) is 82.1 Å². The minimum Gasteiger partial charge on any atom is -0.457 e. The van der Waals surface area contributed by atoms with E-state index in [4.69, 9.17) is 9.15 Å². The van der Waals surface area contributed by atoms with E-state index in [-0.39, 0.29) is 0 Å². The molecule has 0 saturated heterocycles. The van der Waals surface area contributed by atoms with Crippen molar-refractivity contribution in [1.29, 1.82) is 0 Å². The van der Waals surface area contributed by atoms with Gasteiger partial charge in [-0.2, -0.15) is 0 Å². The second-order valence-corrected chi connectivity index (χ2v) is 17.9. The van der Waals surface area contributed by atoms with E-state index in [0.29, 0.717) is 0 Å². The Hall–Kier alpha value is -8.86. The fourth-order valence-electron chi connectivity index (χ4n) is 11.9. The van der Waals surface area contributed by atoms with Crippen LogP contribution in [0, 0.1) is 0 Å². The molecule has 312 valence electrons. The van der Waals surface area contributed by atoms with E-state index in [9.17, 15) is 0 Å². The molecule has 3 heterocycles. The summed E-state index contributed by atoms with van der Waals surface area (Å²) >= 11 is 0. The fraction of sp³-hybridized carbons (Fsp3) is 0.0159. The smallest absolute Gasteiger partial charge is 0.135 e. The summed E-state index contributed by atoms with van der Waals surface area (Å²) in [5.41, 5.74) is 15.1. The summed E-state index contributed by atoms with van der Waals surface area (Å²) in [6.45, 7) is 0. The van der Waals surface area contributed by atoms with Crippen LogP contribution in [0.1, 0.15) is 22.3 Å². The first-order chi connectivity index (χ1) is 33.2. The van der Waals surface area contributed by atoms with Crippen LogP contribution in [0.3, 0.4) is 0 Å². The van der Waals surface area contributed by atoms with Gasteiger partial charge in [0.1, 0.15) is 22.7 Å². The van der Waals surface area contributed by atoms with E-state index in [0.717, 1.165) is 78.3 Å². The van der Waals surface area contributed by atoms with Crippen molar-refractivity contribution in [2.75, 3.05) is 4.90 Å². The lowest BCUT2D eigenvalue weighted by Crippen LogP contribution is -2.36. The number of furan rings is 1. The van der Waals surface area contributed by atoms with Gasteiger partial charge in [0, 0.05) is 54.8 Å². The molecule has 0 amide bonds. The Bertz CT molecular complexity index is 4180. The van der Waals surface area contributed by atoms with Crippen LogP contribution in [0.5, 0.6) is 11.5 Å². The van der Waals surface area contributed by atoms with Crippen LogP contribution in [0.4, 0.5) is 17.1 Å². The van der Waals surface area contributed by atoms with Gasteiger partial charge in [0.05, 0.1) is 27.8 Å².